The van der Waals surface area contributed by atoms with E-state index in [1.165, 1.54) is 0 Å². The van der Waals surface area contributed by atoms with Crippen LogP contribution in [-0.2, 0) is 4.74 Å². The number of fused-ring (bicyclic) bond motifs is 1. The van der Waals surface area contributed by atoms with E-state index in [-0.39, 0.29) is 0 Å². The minimum Gasteiger partial charge on any atom is -0.397 e. The lowest BCUT2D eigenvalue weighted by Gasteiger charge is -2.29. The second-order valence-electron chi connectivity index (χ2n) is 5.53. The maximum Gasteiger partial charge on any atom is 0.0632 e. The number of hydrogen-bond donors (Lipinski definition) is 1. The van der Waals surface area contributed by atoms with Crippen LogP contribution in [-0.4, -0.2) is 31.8 Å². The van der Waals surface area contributed by atoms with Gasteiger partial charge in [0.25, 0.3) is 0 Å². The number of benzene rings is 1. The molecule has 0 saturated carbocycles. The molecule has 1 saturated heterocycles. The first-order chi connectivity index (χ1) is 9.75. The molecule has 1 aliphatic rings. The highest BCUT2D eigenvalue weighted by molar-refractivity contribution is 5.98. The van der Waals surface area contributed by atoms with Gasteiger partial charge in [0.15, 0.2) is 0 Å². The fraction of sp³-hybridized carbons (Fsp3) is 0.438. The third-order valence-corrected chi connectivity index (χ3v) is 4.12. The van der Waals surface area contributed by atoms with Gasteiger partial charge < -0.3 is 15.4 Å². The van der Waals surface area contributed by atoms with Crippen LogP contribution in [0.5, 0.6) is 0 Å². The molecule has 1 aliphatic heterocycles. The number of anilines is 2. The predicted octanol–water partition coefficient (Wildman–Crippen LogP) is 2.68. The topological polar surface area (TPSA) is 51.4 Å². The molecule has 0 radical (unpaired) electrons. The first-order valence-corrected chi connectivity index (χ1v) is 7.17. The van der Waals surface area contributed by atoms with Gasteiger partial charge in [-0.05, 0) is 30.9 Å². The van der Waals surface area contributed by atoms with Gasteiger partial charge in [0, 0.05) is 50.0 Å². The Morgan fingerprint density at radius 1 is 1.30 bits per heavy atom. The highest BCUT2D eigenvalue weighted by Crippen LogP contribution is 2.31. The number of ether oxygens (including phenoxy) is 1. The van der Waals surface area contributed by atoms with Crippen molar-refractivity contribution in [2.45, 2.75) is 12.8 Å². The summed E-state index contributed by atoms with van der Waals surface area (Å²) in [6.45, 7) is 2.80. The van der Waals surface area contributed by atoms with Gasteiger partial charge >= 0.3 is 0 Å². The van der Waals surface area contributed by atoms with Crippen LogP contribution in [0.2, 0.25) is 0 Å². The molecule has 106 valence electrons. The van der Waals surface area contributed by atoms with Gasteiger partial charge in [-0.25, -0.2) is 0 Å². The Bertz CT molecular complexity index is 593. The molecule has 2 heterocycles. The van der Waals surface area contributed by atoms with Crippen molar-refractivity contribution >= 4 is 22.1 Å². The molecule has 4 nitrogen and oxygen atoms in total. The van der Waals surface area contributed by atoms with E-state index < -0.39 is 0 Å². The third-order valence-electron chi connectivity index (χ3n) is 4.12. The fourth-order valence-corrected chi connectivity index (χ4v) is 2.93. The van der Waals surface area contributed by atoms with Crippen molar-refractivity contribution in [2.24, 2.45) is 5.92 Å². The molecule has 0 amide bonds. The van der Waals surface area contributed by atoms with Crippen molar-refractivity contribution in [2.75, 3.05) is 37.4 Å². The molecular formula is C16H21N3O. The summed E-state index contributed by atoms with van der Waals surface area (Å²) in [5, 5.41) is 2.17. The lowest BCUT2D eigenvalue weighted by Crippen LogP contribution is -2.30. The summed E-state index contributed by atoms with van der Waals surface area (Å²) >= 11 is 0. The second-order valence-corrected chi connectivity index (χ2v) is 5.53. The van der Waals surface area contributed by atoms with Crippen molar-refractivity contribution in [3.8, 4) is 0 Å². The average Bonchev–Trinajstić information content (AvgIpc) is 2.49. The van der Waals surface area contributed by atoms with E-state index in [9.17, 15) is 0 Å². The SMILES string of the molecule is CN(CC1CCOCC1)c1ccc2cnccc2c1N. The third kappa shape index (κ3) is 2.56. The Balaban J connectivity index is 1.83. The lowest BCUT2D eigenvalue weighted by atomic mass is 9.99. The minimum atomic E-state index is 0.696. The molecule has 0 bridgehead atoms. The van der Waals surface area contributed by atoms with Gasteiger partial charge in [0.1, 0.15) is 0 Å². The van der Waals surface area contributed by atoms with Crippen LogP contribution in [0.15, 0.2) is 30.6 Å². The number of rotatable bonds is 3. The van der Waals surface area contributed by atoms with E-state index >= 15 is 0 Å². The first-order valence-electron chi connectivity index (χ1n) is 7.17. The van der Waals surface area contributed by atoms with Gasteiger partial charge in [0.2, 0.25) is 0 Å². The summed E-state index contributed by atoms with van der Waals surface area (Å²) in [7, 11) is 2.12. The molecule has 2 N–H and O–H groups in total. The predicted molar refractivity (Wildman–Crippen MR) is 83.0 cm³/mol. The molecule has 0 aliphatic carbocycles. The van der Waals surface area contributed by atoms with E-state index in [0.29, 0.717) is 5.92 Å². The van der Waals surface area contributed by atoms with Crippen molar-refractivity contribution in [1.29, 1.82) is 0 Å². The van der Waals surface area contributed by atoms with Crippen LogP contribution >= 0.6 is 0 Å². The Morgan fingerprint density at radius 2 is 2.10 bits per heavy atom. The van der Waals surface area contributed by atoms with Crippen molar-refractivity contribution in [3.63, 3.8) is 0 Å². The van der Waals surface area contributed by atoms with Crippen LogP contribution in [0.4, 0.5) is 11.4 Å². The number of nitrogens with two attached hydrogens (primary N) is 1. The van der Waals surface area contributed by atoms with Gasteiger partial charge in [-0.2, -0.15) is 0 Å². The van der Waals surface area contributed by atoms with Crippen molar-refractivity contribution < 1.29 is 4.74 Å². The zero-order valence-electron chi connectivity index (χ0n) is 11.9. The number of nitrogen functional groups attached to an aromatic ring is 1. The summed E-state index contributed by atoms with van der Waals surface area (Å²) in [6.07, 6.45) is 5.93. The highest BCUT2D eigenvalue weighted by Gasteiger charge is 2.17. The number of pyridine rings is 1. The molecule has 3 rings (SSSR count). The maximum atomic E-state index is 6.33. The molecule has 0 unspecified atom stereocenters. The molecule has 2 aromatic rings. The largest absolute Gasteiger partial charge is 0.397 e. The number of nitrogens with zero attached hydrogens (tertiary/aromatic N) is 2. The molecule has 1 fully saturated rings. The van der Waals surface area contributed by atoms with Gasteiger partial charge in [0.05, 0.1) is 11.4 Å². The molecule has 0 spiro atoms. The quantitative estimate of drug-likeness (QED) is 0.872. The maximum absolute atomic E-state index is 6.33. The van der Waals surface area contributed by atoms with Crippen molar-refractivity contribution in [1.82, 2.24) is 4.98 Å². The van der Waals surface area contributed by atoms with Gasteiger partial charge in [-0.1, -0.05) is 6.07 Å². The Labute approximate surface area is 119 Å². The molecule has 20 heavy (non-hydrogen) atoms. The summed E-state index contributed by atoms with van der Waals surface area (Å²) in [6, 6.07) is 6.17. The smallest absolute Gasteiger partial charge is 0.0632 e. The zero-order valence-corrected chi connectivity index (χ0v) is 11.9. The Morgan fingerprint density at radius 3 is 2.90 bits per heavy atom. The summed E-state index contributed by atoms with van der Waals surface area (Å²) in [5.41, 5.74) is 8.28. The van der Waals surface area contributed by atoms with Crippen LogP contribution < -0.4 is 10.6 Å². The second kappa shape index (κ2) is 5.67. The van der Waals surface area contributed by atoms with Crippen LogP contribution in [0.25, 0.3) is 10.8 Å². The molecule has 1 aromatic carbocycles. The first kappa shape index (κ1) is 13.2. The average molecular weight is 271 g/mol. The van der Waals surface area contributed by atoms with E-state index in [2.05, 4.69) is 29.1 Å². The van der Waals surface area contributed by atoms with Crippen molar-refractivity contribution in [3.05, 3.63) is 30.6 Å². The van der Waals surface area contributed by atoms with E-state index in [0.717, 1.165) is 54.7 Å². The number of aromatic nitrogens is 1. The van der Waals surface area contributed by atoms with Crippen LogP contribution in [0.1, 0.15) is 12.8 Å². The monoisotopic (exact) mass is 271 g/mol. The molecular weight excluding hydrogens is 250 g/mol. The fourth-order valence-electron chi connectivity index (χ4n) is 2.93. The molecule has 0 atom stereocenters. The van der Waals surface area contributed by atoms with E-state index in [1.54, 1.807) is 6.20 Å². The Hall–Kier alpha value is -1.81. The van der Waals surface area contributed by atoms with Crippen LogP contribution in [0.3, 0.4) is 0 Å². The molecule has 4 heteroatoms. The summed E-state index contributed by atoms with van der Waals surface area (Å²) in [5.74, 6) is 0.696. The number of hydrogen-bond acceptors (Lipinski definition) is 4. The van der Waals surface area contributed by atoms with Crippen LogP contribution in [0, 0.1) is 5.92 Å². The standard InChI is InChI=1S/C16H21N3O/c1-19(11-12-5-8-20-9-6-12)15-3-2-13-10-18-7-4-14(13)16(15)17/h2-4,7,10,12H,5-6,8-9,11,17H2,1H3. The zero-order chi connectivity index (χ0) is 13.9. The highest BCUT2D eigenvalue weighted by atomic mass is 16.5. The minimum absolute atomic E-state index is 0.696. The van der Waals surface area contributed by atoms with Gasteiger partial charge in [-0.3, -0.25) is 4.98 Å². The normalized spacial score (nSPS) is 16.4. The molecule has 1 aromatic heterocycles. The summed E-state index contributed by atoms with van der Waals surface area (Å²) in [4.78, 5) is 6.41. The lowest BCUT2D eigenvalue weighted by molar-refractivity contribution is 0.0685. The van der Waals surface area contributed by atoms with E-state index in [4.69, 9.17) is 10.5 Å². The van der Waals surface area contributed by atoms with Gasteiger partial charge in [-0.15, -0.1) is 0 Å². The summed E-state index contributed by atoms with van der Waals surface area (Å²) < 4.78 is 5.42. The van der Waals surface area contributed by atoms with E-state index in [1.807, 2.05) is 12.3 Å². The Kier molecular flexibility index (Phi) is 3.74.